The maximum atomic E-state index is 12.2. The van der Waals surface area contributed by atoms with Crippen LogP contribution < -0.4 is 17.0 Å². The zero-order valence-electron chi connectivity index (χ0n) is 18.0. The van der Waals surface area contributed by atoms with E-state index in [1.165, 1.54) is 0 Å². The van der Waals surface area contributed by atoms with Crippen LogP contribution in [0.25, 0.3) is 0 Å². The standard InChI is InChI=1S/C15H25N3O16P2/c16-8-11(23)9(21)5(3-19)32-14(8)33-36(28,29)34-35(26,27)30-4-6-10(22)12(24)13(31-6)18-2-1-7(20)17-15(18)25/h1-2,5-6,8-14,19,21-24H,3-4,16H2,(H,26,27)(H,28,29)(H,17,20,25)/t5?,6?,8-,9-,10+,11?,12+,13?,14+/m0/s1. The average molecular weight is 565 g/mol. The molecule has 0 bridgehead atoms. The lowest BCUT2D eigenvalue weighted by Gasteiger charge is -2.40. The number of rotatable bonds is 9. The fourth-order valence-electron chi connectivity index (χ4n) is 3.39. The van der Waals surface area contributed by atoms with E-state index in [2.05, 4.69) is 13.4 Å². The van der Waals surface area contributed by atoms with Crippen molar-refractivity contribution in [3.05, 3.63) is 33.1 Å². The molecule has 11 atom stereocenters. The van der Waals surface area contributed by atoms with Crippen LogP contribution in [0.4, 0.5) is 0 Å². The molecule has 1 aromatic heterocycles. The number of phosphoric acid groups is 2. The molecule has 0 radical (unpaired) electrons. The molecular formula is C15H25N3O16P2. The third-order valence-corrected chi connectivity index (χ3v) is 7.84. The van der Waals surface area contributed by atoms with Gasteiger partial charge in [0.2, 0.25) is 0 Å². The Kier molecular flexibility index (Phi) is 9.05. The zero-order chi connectivity index (χ0) is 27.0. The highest BCUT2D eigenvalue weighted by molar-refractivity contribution is 7.61. The number of ether oxygens (including phenoxy) is 2. The summed E-state index contributed by atoms with van der Waals surface area (Å²) in [5.74, 6) is 0. The summed E-state index contributed by atoms with van der Waals surface area (Å²) in [5.41, 5.74) is 3.82. The van der Waals surface area contributed by atoms with E-state index in [1.807, 2.05) is 4.98 Å². The number of aromatic amines is 1. The van der Waals surface area contributed by atoms with E-state index in [1.54, 1.807) is 0 Å². The van der Waals surface area contributed by atoms with Crippen molar-refractivity contribution < 1.29 is 67.3 Å². The molecule has 0 aliphatic carbocycles. The molecule has 1 aromatic rings. The second-order valence-electron chi connectivity index (χ2n) is 7.77. The second-order valence-corrected chi connectivity index (χ2v) is 10.8. The maximum Gasteiger partial charge on any atom is 0.483 e. The summed E-state index contributed by atoms with van der Waals surface area (Å²) in [6, 6.07) is -0.699. The van der Waals surface area contributed by atoms with Gasteiger partial charge < -0.3 is 50.5 Å². The predicted molar refractivity (Wildman–Crippen MR) is 111 cm³/mol. The van der Waals surface area contributed by atoms with Gasteiger partial charge in [0.1, 0.15) is 36.6 Å². The molecule has 0 spiro atoms. The summed E-state index contributed by atoms with van der Waals surface area (Å²) in [7, 11) is -11.0. The molecule has 0 aromatic carbocycles. The van der Waals surface area contributed by atoms with Crippen LogP contribution in [0, 0.1) is 0 Å². The highest BCUT2D eigenvalue weighted by Gasteiger charge is 2.49. The third kappa shape index (κ3) is 6.54. The van der Waals surface area contributed by atoms with Crippen LogP contribution >= 0.6 is 15.6 Å². The highest BCUT2D eigenvalue weighted by Crippen LogP contribution is 2.61. The number of phosphoric ester groups is 2. The molecule has 10 N–H and O–H groups in total. The molecule has 2 aliphatic heterocycles. The molecule has 3 rings (SSSR count). The summed E-state index contributed by atoms with van der Waals surface area (Å²) in [6.07, 6.45) is -12.5. The summed E-state index contributed by atoms with van der Waals surface area (Å²) < 4.78 is 48.5. The van der Waals surface area contributed by atoms with Gasteiger partial charge in [-0.15, -0.1) is 0 Å². The van der Waals surface area contributed by atoms with Gasteiger partial charge in [-0.05, 0) is 0 Å². The molecule has 0 saturated carbocycles. The topological polar surface area (TPSA) is 303 Å². The number of hydrogen-bond acceptors (Lipinski definition) is 15. The van der Waals surface area contributed by atoms with Crippen molar-refractivity contribution >= 4 is 15.6 Å². The maximum absolute atomic E-state index is 12.2. The van der Waals surface area contributed by atoms with Gasteiger partial charge in [0.05, 0.1) is 19.3 Å². The van der Waals surface area contributed by atoms with Crippen LogP contribution in [-0.2, 0) is 32.0 Å². The Balaban J connectivity index is 1.61. The van der Waals surface area contributed by atoms with E-state index in [0.29, 0.717) is 0 Å². The van der Waals surface area contributed by atoms with E-state index >= 15 is 0 Å². The largest absolute Gasteiger partial charge is 0.483 e. The minimum absolute atomic E-state index is 0.735. The third-order valence-electron chi connectivity index (χ3n) is 5.24. The Morgan fingerprint density at radius 2 is 1.64 bits per heavy atom. The first kappa shape index (κ1) is 29.2. The number of H-pyrrole nitrogens is 1. The van der Waals surface area contributed by atoms with E-state index in [-0.39, 0.29) is 0 Å². The minimum Gasteiger partial charge on any atom is -0.394 e. The van der Waals surface area contributed by atoms with Crippen molar-refractivity contribution in [2.45, 2.75) is 55.2 Å². The number of nitrogens with one attached hydrogen (secondary N) is 1. The molecule has 19 nitrogen and oxygen atoms in total. The van der Waals surface area contributed by atoms with Crippen molar-refractivity contribution in [3.8, 4) is 0 Å². The number of nitrogens with zero attached hydrogens (tertiary/aromatic N) is 1. The fraction of sp³-hybridized carbons (Fsp3) is 0.733. The Labute approximate surface area is 200 Å². The summed E-state index contributed by atoms with van der Waals surface area (Å²) in [4.78, 5) is 44.6. The fourth-order valence-corrected chi connectivity index (χ4v) is 5.57. The van der Waals surface area contributed by atoms with Crippen LogP contribution in [0.5, 0.6) is 0 Å². The Morgan fingerprint density at radius 1 is 1.00 bits per heavy atom. The summed E-state index contributed by atoms with van der Waals surface area (Å²) in [5, 5.41) is 49.0. The van der Waals surface area contributed by atoms with Crippen LogP contribution in [0.15, 0.2) is 21.9 Å². The number of aliphatic hydroxyl groups is 5. The van der Waals surface area contributed by atoms with Crippen LogP contribution in [0.1, 0.15) is 6.23 Å². The number of aromatic nitrogens is 2. The first-order chi connectivity index (χ1) is 16.7. The van der Waals surface area contributed by atoms with E-state index in [4.69, 9.17) is 20.3 Å². The van der Waals surface area contributed by atoms with Crippen molar-refractivity contribution in [1.82, 2.24) is 9.55 Å². The number of aliphatic hydroxyl groups excluding tert-OH is 5. The summed E-state index contributed by atoms with van der Waals surface area (Å²) in [6.45, 7) is -1.84. The van der Waals surface area contributed by atoms with Gasteiger partial charge in [0, 0.05) is 12.3 Å². The minimum atomic E-state index is -5.51. The highest BCUT2D eigenvalue weighted by atomic mass is 31.3. The molecule has 2 saturated heterocycles. The lowest BCUT2D eigenvalue weighted by Crippen LogP contribution is -2.62. The van der Waals surface area contributed by atoms with Gasteiger partial charge in [-0.25, -0.2) is 13.9 Å². The van der Waals surface area contributed by atoms with Crippen molar-refractivity contribution in [2.75, 3.05) is 13.2 Å². The second kappa shape index (κ2) is 11.2. The van der Waals surface area contributed by atoms with Crippen LogP contribution in [-0.4, -0.2) is 107 Å². The van der Waals surface area contributed by atoms with Gasteiger partial charge >= 0.3 is 21.3 Å². The molecular weight excluding hydrogens is 540 g/mol. The normalized spacial score (nSPS) is 38.4. The molecule has 206 valence electrons. The molecule has 3 heterocycles. The Morgan fingerprint density at radius 3 is 2.25 bits per heavy atom. The van der Waals surface area contributed by atoms with Crippen molar-refractivity contribution in [3.63, 3.8) is 0 Å². The zero-order valence-corrected chi connectivity index (χ0v) is 19.8. The Bertz CT molecular complexity index is 1130. The van der Waals surface area contributed by atoms with Gasteiger partial charge in [0.25, 0.3) is 5.56 Å². The van der Waals surface area contributed by atoms with E-state index in [0.717, 1.165) is 16.8 Å². The first-order valence-electron chi connectivity index (χ1n) is 10.1. The van der Waals surface area contributed by atoms with E-state index < -0.39 is 95.3 Å². The predicted octanol–water partition coefficient (Wildman–Crippen LogP) is -4.83. The average Bonchev–Trinajstić information content (AvgIpc) is 3.06. The number of hydrogen-bond donors (Lipinski definition) is 9. The van der Waals surface area contributed by atoms with Gasteiger partial charge in [-0.1, -0.05) is 0 Å². The lowest BCUT2D eigenvalue weighted by molar-refractivity contribution is -0.242. The van der Waals surface area contributed by atoms with E-state index in [9.17, 15) is 48.9 Å². The molecule has 36 heavy (non-hydrogen) atoms. The monoisotopic (exact) mass is 565 g/mol. The number of nitrogens with two attached hydrogens (primary N) is 1. The molecule has 2 fully saturated rings. The lowest BCUT2D eigenvalue weighted by atomic mass is 9.98. The molecule has 2 aliphatic rings. The quantitative estimate of drug-likeness (QED) is 0.127. The van der Waals surface area contributed by atoms with Crippen molar-refractivity contribution in [2.24, 2.45) is 5.73 Å². The van der Waals surface area contributed by atoms with Gasteiger partial charge in [-0.3, -0.25) is 23.4 Å². The van der Waals surface area contributed by atoms with Gasteiger partial charge in [-0.2, -0.15) is 4.31 Å². The smallest absolute Gasteiger partial charge is 0.394 e. The molecule has 0 amide bonds. The first-order valence-corrected chi connectivity index (χ1v) is 13.1. The SMILES string of the molecule is N[C@H]1C(O)[C@@H](O)C(CO)O[C@@H]1OP(=O)(O)OP(=O)(O)OCC1OC(n2ccc(=O)[nH]c2=O)[C@H](O)[C@@H]1O. The van der Waals surface area contributed by atoms with Crippen LogP contribution in [0.3, 0.4) is 0 Å². The van der Waals surface area contributed by atoms with Crippen LogP contribution in [0.2, 0.25) is 0 Å². The van der Waals surface area contributed by atoms with Crippen molar-refractivity contribution in [1.29, 1.82) is 0 Å². The summed E-state index contributed by atoms with van der Waals surface area (Å²) >= 11 is 0. The Hall–Kier alpha value is -1.38. The van der Waals surface area contributed by atoms with Gasteiger partial charge in [0.15, 0.2) is 12.5 Å². The molecule has 6 unspecified atom stereocenters. The molecule has 21 heteroatoms.